The smallest absolute Gasteiger partial charge is 0.277 e. The number of aromatic nitrogens is 4. The van der Waals surface area contributed by atoms with Gasteiger partial charge in [-0.15, -0.1) is 0 Å². The van der Waals surface area contributed by atoms with Crippen LogP contribution >= 0.6 is 11.8 Å². The van der Waals surface area contributed by atoms with Crippen molar-refractivity contribution in [1.29, 1.82) is 0 Å². The van der Waals surface area contributed by atoms with Gasteiger partial charge in [0.1, 0.15) is 5.39 Å². The maximum absolute atomic E-state index is 11.8. The van der Waals surface area contributed by atoms with E-state index in [0.717, 1.165) is 6.42 Å². The van der Waals surface area contributed by atoms with Crippen molar-refractivity contribution in [3.05, 3.63) is 16.6 Å². The minimum Gasteiger partial charge on any atom is -0.278 e. The summed E-state index contributed by atoms with van der Waals surface area (Å²) in [6.45, 7) is 2.71. The van der Waals surface area contributed by atoms with Crippen molar-refractivity contribution in [2.45, 2.75) is 25.0 Å². The van der Waals surface area contributed by atoms with Crippen LogP contribution in [-0.4, -0.2) is 26.0 Å². The van der Waals surface area contributed by atoms with Gasteiger partial charge in [0, 0.05) is 12.7 Å². The predicted octanol–water partition coefficient (Wildman–Crippen LogP) is 1.25. The molecule has 0 unspecified atom stereocenters. The highest BCUT2D eigenvalue weighted by molar-refractivity contribution is 7.98. The second-order valence-corrected chi connectivity index (χ2v) is 3.96. The zero-order valence-electron chi connectivity index (χ0n) is 8.65. The molecule has 0 aliphatic carbocycles. The van der Waals surface area contributed by atoms with E-state index in [1.54, 1.807) is 10.9 Å². The first-order valence-electron chi connectivity index (χ1n) is 4.75. The number of thioether (sulfide) groups is 1. The largest absolute Gasteiger partial charge is 0.278 e. The fraction of sp³-hybridized carbons (Fsp3) is 0.444. The van der Waals surface area contributed by atoms with Crippen LogP contribution in [0.3, 0.4) is 0 Å². The van der Waals surface area contributed by atoms with Crippen molar-refractivity contribution < 1.29 is 0 Å². The van der Waals surface area contributed by atoms with E-state index in [4.69, 9.17) is 0 Å². The van der Waals surface area contributed by atoms with Gasteiger partial charge < -0.3 is 0 Å². The van der Waals surface area contributed by atoms with E-state index in [2.05, 4.69) is 15.1 Å². The molecule has 15 heavy (non-hydrogen) atoms. The second kappa shape index (κ2) is 4.06. The highest BCUT2D eigenvalue weighted by Crippen LogP contribution is 2.10. The molecule has 0 fully saturated rings. The maximum atomic E-state index is 11.8. The number of aromatic amines is 1. The van der Waals surface area contributed by atoms with Gasteiger partial charge in [-0.05, 0) is 12.7 Å². The first-order valence-corrected chi connectivity index (χ1v) is 5.98. The molecule has 0 saturated heterocycles. The lowest BCUT2D eigenvalue weighted by Crippen LogP contribution is -2.15. The fourth-order valence-corrected chi connectivity index (χ4v) is 1.75. The van der Waals surface area contributed by atoms with E-state index < -0.39 is 0 Å². The average molecular weight is 224 g/mol. The van der Waals surface area contributed by atoms with Crippen molar-refractivity contribution in [3.63, 3.8) is 0 Å². The van der Waals surface area contributed by atoms with Crippen LogP contribution in [0.5, 0.6) is 0 Å². The number of nitrogens with one attached hydrogen (secondary N) is 1. The van der Waals surface area contributed by atoms with Gasteiger partial charge in [0.25, 0.3) is 5.56 Å². The van der Waals surface area contributed by atoms with Crippen LogP contribution in [0.4, 0.5) is 0 Å². The van der Waals surface area contributed by atoms with Crippen molar-refractivity contribution in [2.75, 3.05) is 6.26 Å². The molecule has 0 saturated carbocycles. The number of H-pyrrole nitrogens is 1. The molecule has 0 aliphatic heterocycles. The van der Waals surface area contributed by atoms with Gasteiger partial charge in [-0.1, -0.05) is 18.7 Å². The third-order valence-electron chi connectivity index (χ3n) is 2.11. The van der Waals surface area contributed by atoms with Gasteiger partial charge >= 0.3 is 0 Å². The molecule has 0 aromatic carbocycles. The molecule has 2 rings (SSSR count). The standard InChI is InChI=1S/C9H12N4OS/c1-3-4-13-8(14)6-5-10-9(15-2)11-7(6)12-13/h5H,3-4H2,1-2H3,(H,10,11,12). The topological polar surface area (TPSA) is 63.6 Å². The monoisotopic (exact) mass is 224 g/mol. The SMILES string of the molecule is CCCn1[nH]c2nc(SC)ncc2c1=O. The zero-order valence-corrected chi connectivity index (χ0v) is 9.47. The molecule has 2 heterocycles. The lowest BCUT2D eigenvalue weighted by molar-refractivity contribution is 0.590. The highest BCUT2D eigenvalue weighted by atomic mass is 32.2. The maximum Gasteiger partial charge on any atom is 0.277 e. The Bertz CT molecular complexity index is 530. The van der Waals surface area contributed by atoms with Crippen LogP contribution in [0.25, 0.3) is 11.0 Å². The number of rotatable bonds is 3. The van der Waals surface area contributed by atoms with Crippen LogP contribution in [0.1, 0.15) is 13.3 Å². The summed E-state index contributed by atoms with van der Waals surface area (Å²) >= 11 is 1.46. The quantitative estimate of drug-likeness (QED) is 0.629. The molecule has 80 valence electrons. The molecule has 0 aliphatic rings. The number of hydrogen-bond acceptors (Lipinski definition) is 4. The van der Waals surface area contributed by atoms with Crippen molar-refractivity contribution in [3.8, 4) is 0 Å². The molecule has 0 atom stereocenters. The molecule has 6 heteroatoms. The summed E-state index contributed by atoms with van der Waals surface area (Å²) in [6.07, 6.45) is 4.40. The van der Waals surface area contributed by atoms with Crippen LogP contribution in [0.2, 0.25) is 0 Å². The van der Waals surface area contributed by atoms with Gasteiger partial charge in [0.2, 0.25) is 0 Å². The molecule has 2 aromatic rings. The summed E-state index contributed by atoms with van der Waals surface area (Å²) in [5.41, 5.74) is 0.576. The fourth-order valence-electron chi connectivity index (χ4n) is 1.41. The lowest BCUT2D eigenvalue weighted by Gasteiger charge is -1.94. The first kappa shape index (κ1) is 10.2. The zero-order chi connectivity index (χ0) is 10.8. The summed E-state index contributed by atoms with van der Waals surface area (Å²) in [4.78, 5) is 20.1. The number of aryl methyl sites for hydroxylation is 1. The van der Waals surface area contributed by atoms with Gasteiger partial charge in [-0.3, -0.25) is 14.6 Å². The number of nitrogens with zero attached hydrogens (tertiary/aromatic N) is 3. The Morgan fingerprint density at radius 3 is 3.07 bits per heavy atom. The van der Waals surface area contributed by atoms with Crippen molar-refractivity contribution in [2.24, 2.45) is 0 Å². The molecule has 0 amide bonds. The first-order chi connectivity index (χ1) is 7.26. The minimum absolute atomic E-state index is 0.0421. The predicted molar refractivity (Wildman–Crippen MR) is 60.2 cm³/mol. The van der Waals surface area contributed by atoms with Crippen molar-refractivity contribution >= 4 is 22.8 Å². The van der Waals surface area contributed by atoms with E-state index in [9.17, 15) is 4.79 Å². The number of hydrogen-bond donors (Lipinski definition) is 1. The minimum atomic E-state index is -0.0421. The summed E-state index contributed by atoms with van der Waals surface area (Å²) in [5, 5.41) is 4.21. The Morgan fingerprint density at radius 1 is 1.60 bits per heavy atom. The second-order valence-electron chi connectivity index (χ2n) is 3.19. The molecule has 5 nitrogen and oxygen atoms in total. The van der Waals surface area contributed by atoms with E-state index in [0.29, 0.717) is 22.7 Å². The summed E-state index contributed by atoms with van der Waals surface area (Å²) < 4.78 is 1.57. The average Bonchev–Trinajstić information content (AvgIpc) is 2.56. The van der Waals surface area contributed by atoms with Crippen molar-refractivity contribution in [1.82, 2.24) is 19.7 Å². The van der Waals surface area contributed by atoms with Crippen LogP contribution in [-0.2, 0) is 6.54 Å². The molecule has 0 spiro atoms. The molecule has 2 aromatic heterocycles. The summed E-state index contributed by atoms with van der Waals surface area (Å²) in [7, 11) is 0. The van der Waals surface area contributed by atoms with E-state index in [1.165, 1.54) is 11.8 Å². The third kappa shape index (κ3) is 1.77. The Labute approximate surface area is 90.9 Å². The molecule has 0 bridgehead atoms. The van der Waals surface area contributed by atoms with E-state index in [1.807, 2.05) is 13.2 Å². The van der Waals surface area contributed by atoms with Crippen LogP contribution in [0, 0.1) is 0 Å². The Morgan fingerprint density at radius 2 is 2.40 bits per heavy atom. The highest BCUT2D eigenvalue weighted by Gasteiger charge is 2.08. The lowest BCUT2D eigenvalue weighted by atomic mass is 10.4. The van der Waals surface area contributed by atoms with Crippen LogP contribution < -0.4 is 5.56 Å². The van der Waals surface area contributed by atoms with E-state index >= 15 is 0 Å². The summed E-state index contributed by atoms with van der Waals surface area (Å²) in [5.74, 6) is 0. The van der Waals surface area contributed by atoms with Crippen LogP contribution in [0.15, 0.2) is 16.1 Å². The van der Waals surface area contributed by atoms with E-state index in [-0.39, 0.29) is 5.56 Å². The van der Waals surface area contributed by atoms with Gasteiger partial charge in [-0.2, -0.15) is 0 Å². The number of fused-ring (bicyclic) bond motifs is 1. The van der Waals surface area contributed by atoms with Gasteiger partial charge in [0.15, 0.2) is 10.8 Å². The molecular weight excluding hydrogens is 212 g/mol. The Kier molecular flexibility index (Phi) is 2.77. The normalized spacial score (nSPS) is 11.1. The molecule has 1 N–H and O–H groups in total. The Balaban J connectivity index is 2.60. The van der Waals surface area contributed by atoms with Gasteiger partial charge in [-0.25, -0.2) is 9.97 Å². The molecular formula is C9H12N4OS. The Hall–Kier alpha value is -1.30. The summed E-state index contributed by atoms with van der Waals surface area (Å²) in [6, 6.07) is 0. The molecule has 0 radical (unpaired) electrons. The third-order valence-corrected chi connectivity index (χ3v) is 2.67. The van der Waals surface area contributed by atoms with Gasteiger partial charge in [0.05, 0.1) is 0 Å².